The molecule has 164 valence electrons. The summed E-state index contributed by atoms with van der Waals surface area (Å²) < 4.78 is 0. The van der Waals surface area contributed by atoms with Crippen molar-refractivity contribution in [2.24, 2.45) is 0 Å². The van der Waals surface area contributed by atoms with Crippen LogP contribution >= 0.6 is 0 Å². The van der Waals surface area contributed by atoms with Crippen LogP contribution in [-0.4, -0.2) is 8.07 Å². The Kier molecular flexibility index (Phi) is 12.6. The molecule has 5 heteroatoms. The average molecular weight is 534 g/mol. The second-order valence-electron chi connectivity index (χ2n) is 8.52. The van der Waals surface area contributed by atoms with Crippen LogP contribution in [0.1, 0.15) is 23.1 Å². The summed E-state index contributed by atoms with van der Waals surface area (Å²) in [6.45, 7) is 7.25. The van der Waals surface area contributed by atoms with E-state index in [1.807, 2.05) is 0 Å². The molecule has 0 aromatic heterocycles. The fourth-order valence-corrected chi connectivity index (χ4v) is 5.46. The number of rotatable bonds is 5. The van der Waals surface area contributed by atoms with E-state index in [9.17, 15) is 0 Å². The first kappa shape index (κ1) is 30.9. The summed E-state index contributed by atoms with van der Waals surface area (Å²) in [5, 5.41) is 1.51. The van der Waals surface area contributed by atoms with Crippen LogP contribution in [0.15, 0.2) is 108 Å². The third kappa shape index (κ3) is 5.89. The Morgan fingerprint density at radius 3 is 1.25 bits per heavy atom. The first-order chi connectivity index (χ1) is 13.5. The molecule has 0 fully saturated rings. The summed E-state index contributed by atoms with van der Waals surface area (Å²) in [6.07, 6.45) is 7.35. The Bertz CT molecular complexity index is 914. The van der Waals surface area contributed by atoms with Crippen molar-refractivity contribution in [3.63, 3.8) is 0 Å². The van der Waals surface area contributed by atoms with E-state index in [-0.39, 0.29) is 64.4 Å². The molecule has 0 bridgehead atoms. The molecule has 0 radical (unpaired) electrons. The molecular formula is C27H27Cl3SiTi. The van der Waals surface area contributed by atoms with Gasteiger partial charge in [-0.2, -0.15) is 5.20 Å². The molecule has 1 aliphatic carbocycles. The average Bonchev–Trinajstić information content (AvgIpc) is 3.22. The Morgan fingerprint density at radius 2 is 0.969 bits per heavy atom. The van der Waals surface area contributed by atoms with Crippen LogP contribution in [0.3, 0.4) is 0 Å². The Balaban J connectivity index is 0.00000240. The minimum Gasteiger partial charge on any atom is -1.00 e. The molecule has 0 heterocycles. The van der Waals surface area contributed by atoms with Gasteiger partial charge in [0, 0.05) is 5.41 Å². The topological polar surface area (TPSA) is 0 Å². The molecule has 4 rings (SSSR count). The third-order valence-electron chi connectivity index (χ3n) is 5.73. The van der Waals surface area contributed by atoms with E-state index in [0.29, 0.717) is 0 Å². The number of halogens is 3. The van der Waals surface area contributed by atoms with Crippen LogP contribution in [0.2, 0.25) is 19.6 Å². The quantitative estimate of drug-likeness (QED) is 0.202. The minimum absolute atomic E-state index is 0. The maximum absolute atomic E-state index is 3.91. The second-order valence-corrected chi connectivity index (χ2v) is 13.6. The molecule has 0 saturated carbocycles. The molecule has 0 aliphatic heterocycles. The van der Waals surface area contributed by atoms with Gasteiger partial charge in [0.1, 0.15) is 0 Å². The minimum atomic E-state index is -1.39. The normalized spacial score (nSPS) is 12.7. The van der Waals surface area contributed by atoms with E-state index in [1.165, 1.54) is 27.5 Å². The van der Waals surface area contributed by atoms with Crippen molar-refractivity contribution in [1.29, 1.82) is 0 Å². The van der Waals surface area contributed by atoms with E-state index in [0.717, 1.165) is 6.42 Å². The molecule has 32 heavy (non-hydrogen) atoms. The van der Waals surface area contributed by atoms with E-state index < -0.39 is 8.07 Å². The van der Waals surface area contributed by atoms with Crippen LogP contribution in [-0.2, 0) is 27.1 Å². The largest absolute Gasteiger partial charge is 4.00 e. The van der Waals surface area contributed by atoms with Crippen molar-refractivity contribution < 1.29 is 58.9 Å². The maximum atomic E-state index is 3.91. The van der Waals surface area contributed by atoms with Gasteiger partial charge in [-0.3, -0.25) is 6.08 Å². The molecule has 0 unspecified atom stereocenters. The summed E-state index contributed by atoms with van der Waals surface area (Å²) in [5.41, 5.74) is 4.83. The number of hydrogen-bond donors (Lipinski definition) is 0. The van der Waals surface area contributed by atoms with Crippen LogP contribution in [0.4, 0.5) is 0 Å². The molecule has 0 nitrogen and oxygen atoms in total. The van der Waals surface area contributed by atoms with Crippen LogP contribution in [0.25, 0.3) is 0 Å². The fraction of sp³-hybridized carbons (Fsp3) is 0.185. The van der Waals surface area contributed by atoms with Gasteiger partial charge < -0.3 is 37.2 Å². The van der Waals surface area contributed by atoms with Crippen molar-refractivity contribution in [1.82, 2.24) is 0 Å². The molecule has 0 amide bonds. The zero-order valence-corrected chi connectivity index (χ0v) is 23.4. The molecule has 0 atom stereocenters. The zero-order chi connectivity index (χ0) is 19.6. The molecule has 3 aromatic rings. The van der Waals surface area contributed by atoms with Gasteiger partial charge in [0.15, 0.2) is 0 Å². The van der Waals surface area contributed by atoms with Crippen LogP contribution in [0, 0.1) is 6.08 Å². The Morgan fingerprint density at radius 1 is 0.625 bits per heavy atom. The molecule has 0 N–H and O–H groups in total. The molecule has 0 spiro atoms. The zero-order valence-electron chi connectivity index (χ0n) is 18.6. The molecule has 1 aliphatic rings. The van der Waals surface area contributed by atoms with E-state index in [4.69, 9.17) is 0 Å². The summed E-state index contributed by atoms with van der Waals surface area (Å²) in [7, 11) is -1.39. The SMILES string of the molecule is C[Si](C)(C)C1=[C-]C(C(c2ccccc2)(c2ccccc2)c2ccccc2)=CC1.[Cl-].[Cl-].[Cl-].[Ti+4]. The number of allylic oxidation sites excluding steroid dienone is 4. The summed E-state index contributed by atoms with van der Waals surface area (Å²) in [4.78, 5) is 0. The maximum Gasteiger partial charge on any atom is 4.00 e. The van der Waals surface area contributed by atoms with Gasteiger partial charge in [-0.25, -0.2) is 11.6 Å². The van der Waals surface area contributed by atoms with Crippen LogP contribution < -0.4 is 37.2 Å². The number of hydrogen-bond acceptors (Lipinski definition) is 0. The second kappa shape index (κ2) is 13.0. The predicted octanol–water partition coefficient (Wildman–Crippen LogP) is -2.03. The van der Waals surface area contributed by atoms with E-state index in [1.54, 1.807) is 0 Å². The molecular weight excluding hydrogens is 507 g/mol. The van der Waals surface area contributed by atoms with Crippen molar-refractivity contribution >= 4 is 8.07 Å². The van der Waals surface area contributed by atoms with Crippen molar-refractivity contribution in [2.75, 3.05) is 0 Å². The Labute approximate surface area is 227 Å². The Hall–Kier alpha value is -1.06. The smallest absolute Gasteiger partial charge is 1.00 e. The van der Waals surface area contributed by atoms with Gasteiger partial charge in [0.25, 0.3) is 0 Å². The van der Waals surface area contributed by atoms with Gasteiger partial charge in [0.2, 0.25) is 0 Å². The van der Waals surface area contributed by atoms with Crippen LogP contribution in [0.5, 0.6) is 0 Å². The van der Waals surface area contributed by atoms with Crippen molar-refractivity contribution in [2.45, 2.75) is 31.5 Å². The van der Waals surface area contributed by atoms with E-state index >= 15 is 0 Å². The standard InChI is InChI=1S/C27H27Si.3ClH.Ti/c1-28(2,3)26-20-19-25(21-26)27(22-13-7-4-8-14-22,23-15-9-5-10-16-23)24-17-11-6-12-18-24;;;;/h4-19H,20H2,1-3H3;3*1H;/q-1;;;;+4/p-3. The summed E-state index contributed by atoms with van der Waals surface area (Å²) in [5.74, 6) is 0. The van der Waals surface area contributed by atoms with Crippen molar-refractivity contribution in [3.05, 3.63) is 131 Å². The van der Waals surface area contributed by atoms with Gasteiger partial charge in [-0.15, -0.1) is 6.42 Å². The first-order valence-corrected chi connectivity index (χ1v) is 13.5. The number of benzene rings is 3. The van der Waals surface area contributed by atoms with Gasteiger partial charge in [-0.1, -0.05) is 111 Å². The fourth-order valence-electron chi connectivity index (χ4n) is 4.24. The summed E-state index contributed by atoms with van der Waals surface area (Å²) >= 11 is 0. The van der Waals surface area contributed by atoms with Crippen molar-refractivity contribution in [3.8, 4) is 0 Å². The summed E-state index contributed by atoms with van der Waals surface area (Å²) in [6, 6.07) is 32.7. The monoisotopic (exact) mass is 532 g/mol. The molecule has 0 saturated heterocycles. The van der Waals surface area contributed by atoms with Gasteiger partial charge in [0.05, 0.1) is 8.07 Å². The molecule has 3 aromatic carbocycles. The van der Waals surface area contributed by atoms with Gasteiger partial charge >= 0.3 is 21.7 Å². The first-order valence-electron chi connectivity index (χ1n) is 10.0. The predicted molar refractivity (Wildman–Crippen MR) is 122 cm³/mol. The van der Waals surface area contributed by atoms with Gasteiger partial charge in [-0.05, 0) is 16.7 Å². The third-order valence-corrected chi connectivity index (χ3v) is 7.87. The van der Waals surface area contributed by atoms with E-state index in [2.05, 4.69) is 123 Å².